The van der Waals surface area contributed by atoms with Gasteiger partial charge in [0.1, 0.15) is 0 Å². The Bertz CT molecular complexity index is 1040. The summed E-state index contributed by atoms with van der Waals surface area (Å²) in [4.78, 5) is 56.2. The molecular formula is C24H28N4O5S. The van der Waals surface area contributed by atoms with Crippen LogP contribution in [0.2, 0.25) is 0 Å². The number of benzene rings is 1. The van der Waals surface area contributed by atoms with Gasteiger partial charge in [-0.15, -0.1) is 0 Å². The van der Waals surface area contributed by atoms with Crippen LogP contribution >= 0.6 is 11.3 Å². The molecule has 10 heteroatoms. The Labute approximate surface area is 201 Å². The largest absolute Gasteiger partial charge is 0.479 e. The molecule has 1 atom stereocenters. The number of nitrogens with one attached hydrogen (secondary N) is 1. The second-order valence-electron chi connectivity index (χ2n) is 8.72. The minimum Gasteiger partial charge on any atom is -0.479 e. The van der Waals surface area contributed by atoms with Gasteiger partial charge in [-0.3, -0.25) is 24.6 Å². The zero-order valence-electron chi connectivity index (χ0n) is 19.1. The Morgan fingerprint density at radius 1 is 1.09 bits per heavy atom. The molecule has 180 valence electrons. The number of carboxylic acids is 1. The van der Waals surface area contributed by atoms with E-state index >= 15 is 0 Å². The number of carbonyl (C=O) groups excluding carboxylic acids is 3. The van der Waals surface area contributed by atoms with E-state index in [4.69, 9.17) is 0 Å². The van der Waals surface area contributed by atoms with Gasteiger partial charge in [0, 0.05) is 25.9 Å². The third-order valence-corrected chi connectivity index (χ3v) is 7.24. The van der Waals surface area contributed by atoms with Crippen molar-refractivity contribution in [1.82, 2.24) is 5.32 Å². The van der Waals surface area contributed by atoms with Crippen LogP contribution in [0.3, 0.4) is 0 Å². The Kier molecular flexibility index (Phi) is 6.99. The maximum atomic E-state index is 13.4. The van der Waals surface area contributed by atoms with E-state index in [1.54, 1.807) is 55.2 Å². The van der Waals surface area contributed by atoms with Crippen molar-refractivity contribution in [1.29, 1.82) is 0 Å². The fraction of sp³-hybridized carbons (Fsp3) is 0.417. The summed E-state index contributed by atoms with van der Waals surface area (Å²) in [6.45, 7) is 0. The summed E-state index contributed by atoms with van der Waals surface area (Å²) in [5.41, 5.74) is 1.49. The van der Waals surface area contributed by atoms with Crippen LogP contribution in [0.5, 0.6) is 0 Å². The molecule has 1 aliphatic heterocycles. The number of hydrogen-bond donors (Lipinski definition) is 2. The molecule has 9 nitrogen and oxygen atoms in total. The average molecular weight is 485 g/mol. The smallest absolute Gasteiger partial charge is 0.342 e. The molecule has 1 aromatic heterocycles. The summed E-state index contributed by atoms with van der Waals surface area (Å²) in [7, 11) is 3.08. The van der Waals surface area contributed by atoms with Gasteiger partial charge in [0.2, 0.25) is 5.91 Å². The molecule has 2 aromatic rings. The van der Waals surface area contributed by atoms with Crippen LogP contribution in [0.25, 0.3) is 0 Å². The Hall–Kier alpha value is -3.24. The van der Waals surface area contributed by atoms with Gasteiger partial charge in [-0.1, -0.05) is 25.0 Å². The Morgan fingerprint density at radius 3 is 2.18 bits per heavy atom. The van der Waals surface area contributed by atoms with E-state index in [0.29, 0.717) is 17.1 Å². The number of thiophene rings is 1. The molecule has 1 aliphatic carbocycles. The molecule has 1 aromatic carbocycles. The van der Waals surface area contributed by atoms with E-state index < -0.39 is 30.0 Å². The summed E-state index contributed by atoms with van der Waals surface area (Å²) in [6.07, 6.45) is 2.61. The number of anilines is 3. The maximum Gasteiger partial charge on any atom is 0.342 e. The van der Waals surface area contributed by atoms with Crippen LogP contribution in [0.15, 0.2) is 41.1 Å². The summed E-state index contributed by atoms with van der Waals surface area (Å²) >= 11 is 1.34. The lowest BCUT2D eigenvalue weighted by atomic mass is 10.0. The van der Waals surface area contributed by atoms with E-state index in [0.717, 1.165) is 25.7 Å². The quantitative estimate of drug-likeness (QED) is 0.462. The molecule has 1 fully saturated rings. The Morgan fingerprint density at radius 2 is 1.68 bits per heavy atom. The summed E-state index contributed by atoms with van der Waals surface area (Å²) in [5.74, 6) is -2.68. The normalized spacial score (nSPS) is 18.1. The zero-order chi connectivity index (χ0) is 24.4. The van der Waals surface area contributed by atoms with Crippen LogP contribution in [0.1, 0.15) is 32.1 Å². The molecule has 3 amide bonds. The molecule has 1 saturated carbocycles. The third kappa shape index (κ3) is 4.55. The van der Waals surface area contributed by atoms with Crippen LogP contribution < -0.4 is 20.0 Å². The minimum absolute atomic E-state index is 0.205. The van der Waals surface area contributed by atoms with Crippen molar-refractivity contribution in [3.8, 4) is 0 Å². The second-order valence-corrected chi connectivity index (χ2v) is 9.50. The topological polar surface area (TPSA) is 110 Å². The van der Waals surface area contributed by atoms with Gasteiger partial charge >= 0.3 is 5.97 Å². The molecule has 2 aliphatic rings. The van der Waals surface area contributed by atoms with E-state index in [2.05, 4.69) is 5.32 Å². The lowest BCUT2D eigenvalue weighted by Gasteiger charge is -2.32. The van der Waals surface area contributed by atoms with Gasteiger partial charge in [0.05, 0.1) is 17.1 Å². The molecule has 2 heterocycles. The fourth-order valence-corrected chi connectivity index (χ4v) is 5.34. The first-order valence-electron chi connectivity index (χ1n) is 11.3. The first-order chi connectivity index (χ1) is 16.3. The Balaban J connectivity index is 1.66. The summed E-state index contributed by atoms with van der Waals surface area (Å²) in [5, 5.41) is 16.3. The number of hydrogen-bond acceptors (Lipinski definition) is 6. The number of likely N-dealkylation sites (N-methyl/N-ethyl adjacent to an activating group) is 2. The SMILES string of the molecule is CN1C(=O)C(NC(C(=O)O)N(C(=O)CC2CCCC2)c2ccsc2)C(=O)N(C)c2ccccc21. The number of aliphatic carboxylic acids is 1. The summed E-state index contributed by atoms with van der Waals surface area (Å²) in [6, 6.07) is 7.14. The van der Waals surface area contributed by atoms with Crippen molar-refractivity contribution in [2.24, 2.45) is 5.92 Å². The van der Waals surface area contributed by atoms with E-state index in [1.165, 1.54) is 26.0 Å². The molecule has 0 spiro atoms. The van der Waals surface area contributed by atoms with E-state index in [1.807, 2.05) is 0 Å². The van der Waals surface area contributed by atoms with Crippen molar-refractivity contribution in [3.63, 3.8) is 0 Å². The highest BCUT2D eigenvalue weighted by atomic mass is 32.1. The van der Waals surface area contributed by atoms with Crippen molar-refractivity contribution >= 4 is 52.1 Å². The third-order valence-electron chi connectivity index (χ3n) is 6.57. The number of carbonyl (C=O) groups is 4. The monoisotopic (exact) mass is 484 g/mol. The van der Waals surface area contributed by atoms with Crippen LogP contribution in [0.4, 0.5) is 17.1 Å². The van der Waals surface area contributed by atoms with Crippen molar-refractivity contribution in [3.05, 3.63) is 41.1 Å². The lowest BCUT2D eigenvalue weighted by molar-refractivity contribution is -0.142. The van der Waals surface area contributed by atoms with Gasteiger partial charge in [0.25, 0.3) is 11.8 Å². The predicted octanol–water partition coefficient (Wildman–Crippen LogP) is 2.67. The number of carboxylic acid groups (broad SMARTS) is 1. The highest BCUT2D eigenvalue weighted by Crippen LogP contribution is 2.33. The van der Waals surface area contributed by atoms with Gasteiger partial charge < -0.3 is 14.9 Å². The number of amides is 3. The van der Waals surface area contributed by atoms with Gasteiger partial charge in [-0.2, -0.15) is 11.3 Å². The predicted molar refractivity (Wildman–Crippen MR) is 130 cm³/mol. The zero-order valence-corrected chi connectivity index (χ0v) is 20.0. The minimum atomic E-state index is -1.59. The lowest BCUT2D eigenvalue weighted by Crippen LogP contribution is -2.63. The average Bonchev–Trinajstić information content (AvgIpc) is 3.53. The van der Waals surface area contributed by atoms with E-state index in [-0.39, 0.29) is 18.2 Å². The second kappa shape index (κ2) is 9.94. The van der Waals surface area contributed by atoms with Crippen molar-refractivity contribution in [2.45, 2.75) is 44.3 Å². The molecular weight excluding hydrogens is 456 g/mol. The van der Waals surface area contributed by atoms with Crippen molar-refractivity contribution in [2.75, 3.05) is 28.8 Å². The molecule has 0 bridgehead atoms. The van der Waals surface area contributed by atoms with Gasteiger partial charge in [-0.25, -0.2) is 4.79 Å². The molecule has 2 N–H and O–H groups in total. The number of fused-ring (bicyclic) bond motifs is 1. The van der Waals surface area contributed by atoms with Gasteiger partial charge in [0.15, 0.2) is 12.2 Å². The maximum absolute atomic E-state index is 13.4. The first-order valence-corrected chi connectivity index (χ1v) is 12.2. The number of rotatable bonds is 7. The molecule has 34 heavy (non-hydrogen) atoms. The number of para-hydroxylation sites is 2. The molecule has 1 unspecified atom stereocenters. The highest BCUT2D eigenvalue weighted by Gasteiger charge is 2.42. The fourth-order valence-electron chi connectivity index (χ4n) is 4.71. The van der Waals surface area contributed by atoms with Crippen LogP contribution in [0, 0.1) is 5.92 Å². The molecule has 0 saturated heterocycles. The highest BCUT2D eigenvalue weighted by molar-refractivity contribution is 7.08. The molecule has 0 radical (unpaired) electrons. The van der Waals surface area contributed by atoms with E-state index in [9.17, 15) is 24.3 Å². The van der Waals surface area contributed by atoms with Gasteiger partial charge in [-0.05, 0) is 42.3 Å². The molecule has 4 rings (SSSR count). The first kappa shape index (κ1) is 23.9. The summed E-state index contributed by atoms with van der Waals surface area (Å²) < 4.78 is 0. The number of nitrogens with zero attached hydrogens (tertiary/aromatic N) is 3. The van der Waals surface area contributed by atoms with Crippen molar-refractivity contribution < 1.29 is 24.3 Å². The van der Waals surface area contributed by atoms with Crippen LogP contribution in [-0.2, 0) is 19.2 Å². The standard InChI is InChI=1S/C24H28N4O5S/c1-26-17-9-5-6-10-18(17)27(2)23(31)20(22(26)30)25-21(24(32)33)28(16-11-12-34-14-16)19(29)13-15-7-3-4-8-15/h5-6,9-12,14-15,20-21,25H,3-4,7-8,13H2,1-2H3,(H,32,33). The van der Waals surface area contributed by atoms with Crippen LogP contribution in [-0.4, -0.2) is 55.1 Å².